The highest BCUT2D eigenvalue weighted by Crippen LogP contribution is 2.30. The van der Waals surface area contributed by atoms with Crippen molar-refractivity contribution >= 4 is 23.0 Å². The fourth-order valence-corrected chi connectivity index (χ4v) is 3.99. The van der Waals surface area contributed by atoms with Crippen LogP contribution in [0.4, 0.5) is 5.69 Å². The van der Waals surface area contributed by atoms with E-state index in [0.29, 0.717) is 17.5 Å². The number of aliphatic hydroxyl groups excluding tert-OH is 1. The maximum Gasteiger partial charge on any atom is 0.170 e. The molecule has 1 aromatic carbocycles. The topological polar surface area (TPSA) is 87.1 Å². The van der Waals surface area contributed by atoms with Gasteiger partial charge in [0, 0.05) is 76.0 Å². The molecule has 2 aromatic rings. The van der Waals surface area contributed by atoms with Crippen molar-refractivity contribution in [3.63, 3.8) is 0 Å². The molecule has 182 valence electrons. The number of hydrogen-bond donors (Lipinski definition) is 3. The lowest BCUT2D eigenvalue weighted by molar-refractivity contribution is 0.101. The van der Waals surface area contributed by atoms with E-state index in [-0.39, 0.29) is 6.61 Å². The van der Waals surface area contributed by atoms with Gasteiger partial charge in [0.05, 0.1) is 20.0 Å². The molecule has 1 fully saturated rings. The van der Waals surface area contributed by atoms with Crippen molar-refractivity contribution in [2.45, 2.75) is 19.9 Å². The number of nitrogens with one attached hydrogen (secondary N) is 2. The number of benzene rings is 1. The number of piperazine rings is 1. The van der Waals surface area contributed by atoms with Crippen LogP contribution in [0, 0.1) is 6.92 Å². The third-order valence-electron chi connectivity index (χ3n) is 5.75. The van der Waals surface area contributed by atoms with Gasteiger partial charge in [0.2, 0.25) is 0 Å². The molecule has 0 unspecified atom stereocenters. The number of aromatic nitrogens is 2. The highest BCUT2D eigenvalue weighted by atomic mass is 32.1. The quantitative estimate of drug-likeness (QED) is 0.312. The molecule has 3 N–H and O–H groups in total. The molecule has 9 nitrogen and oxygen atoms in total. The minimum atomic E-state index is 0.223. The molecule has 1 aromatic heterocycles. The summed E-state index contributed by atoms with van der Waals surface area (Å²) in [7, 11) is 1.64. The summed E-state index contributed by atoms with van der Waals surface area (Å²) in [6, 6.07) is 5.74. The van der Waals surface area contributed by atoms with Crippen molar-refractivity contribution in [1.82, 2.24) is 24.7 Å². The largest absolute Gasteiger partial charge is 0.493 e. The number of β-amino-alcohol motifs (C(OH)–C–C–N with tert-alkyl or cyclic N) is 1. The predicted octanol–water partition coefficient (Wildman–Crippen LogP) is 1.57. The highest BCUT2D eigenvalue weighted by Gasteiger charge is 2.16. The first-order valence-corrected chi connectivity index (χ1v) is 11.9. The van der Waals surface area contributed by atoms with Gasteiger partial charge in [-0.2, -0.15) is 0 Å². The summed E-state index contributed by atoms with van der Waals surface area (Å²) in [5.74, 6) is 1.39. The van der Waals surface area contributed by atoms with Crippen LogP contribution >= 0.6 is 12.2 Å². The van der Waals surface area contributed by atoms with Crippen LogP contribution in [0.5, 0.6) is 11.5 Å². The second kappa shape index (κ2) is 13.3. The van der Waals surface area contributed by atoms with E-state index in [2.05, 4.69) is 30.0 Å². The summed E-state index contributed by atoms with van der Waals surface area (Å²) in [5.41, 5.74) is 2.01. The normalized spacial score (nSPS) is 14.8. The Bertz CT molecular complexity index is 870. The first kappa shape index (κ1) is 25.2. The first-order chi connectivity index (χ1) is 16.1. The van der Waals surface area contributed by atoms with Crippen LogP contribution in [-0.2, 0) is 6.54 Å². The predicted molar refractivity (Wildman–Crippen MR) is 134 cm³/mol. The van der Waals surface area contributed by atoms with Crippen LogP contribution in [0.3, 0.4) is 0 Å². The number of rotatable bonds is 12. The molecule has 0 radical (unpaired) electrons. The van der Waals surface area contributed by atoms with E-state index < -0.39 is 0 Å². The van der Waals surface area contributed by atoms with Gasteiger partial charge in [-0.1, -0.05) is 0 Å². The SMILES string of the molecule is COc1cc(NC(=S)NCCCn2cncc2C)ccc1OCCN1CCN(CCO)CC1. The standard InChI is InChI=1S/C23H36N6O3S/c1-19-17-24-18-29(19)7-3-6-25-23(33)26-20-4-5-21(22(16-20)31-2)32-15-13-28-10-8-27(9-11-28)12-14-30/h4-5,16-18,30H,3,6-15H2,1-2H3,(H2,25,26,33). The molecule has 0 aliphatic carbocycles. The summed E-state index contributed by atoms with van der Waals surface area (Å²) in [6.07, 6.45) is 4.66. The van der Waals surface area contributed by atoms with Gasteiger partial charge in [-0.15, -0.1) is 0 Å². The molecule has 0 spiro atoms. The number of methoxy groups -OCH3 is 1. The third kappa shape index (κ3) is 8.15. The Morgan fingerprint density at radius 3 is 2.55 bits per heavy atom. The number of thiocarbonyl (C=S) groups is 1. The minimum Gasteiger partial charge on any atom is -0.493 e. The fraction of sp³-hybridized carbons (Fsp3) is 0.565. The Balaban J connectivity index is 1.37. The van der Waals surface area contributed by atoms with Crippen molar-refractivity contribution in [1.29, 1.82) is 0 Å². The van der Waals surface area contributed by atoms with Gasteiger partial charge >= 0.3 is 0 Å². The highest BCUT2D eigenvalue weighted by molar-refractivity contribution is 7.80. The molecule has 3 rings (SSSR count). The van der Waals surface area contributed by atoms with E-state index in [1.165, 1.54) is 0 Å². The van der Waals surface area contributed by atoms with Gasteiger partial charge in [-0.05, 0) is 37.7 Å². The van der Waals surface area contributed by atoms with Gasteiger partial charge in [-0.25, -0.2) is 4.98 Å². The van der Waals surface area contributed by atoms with Crippen LogP contribution in [0.15, 0.2) is 30.7 Å². The molecule has 0 bridgehead atoms. The lowest BCUT2D eigenvalue weighted by Gasteiger charge is -2.34. The molecule has 1 aliphatic rings. The van der Waals surface area contributed by atoms with Gasteiger partial charge in [0.25, 0.3) is 0 Å². The first-order valence-electron chi connectivity index (χ1n) is 11.5. The monoisotopic (exact) mass is 476 g/mol. The van der Waals surface area contributed by atoms with Crippen LogP contribution in [0.2, 0.25) is 0 Å². The Labute approximate surface area is 201 Å². The Morgan fingerprint density at radius 2 is 1.88 bits per heavy atom. The molecule has 0 atom stereocenters. The number of hydrogen-bond acceptors (Lipinski definition) is 7. The van der Waals surface area contributed by atoms with Gasteiger partial charge in [0.1, 0.15) is 6.61 Å². The van der Waals surface area contributed by atoms with Crippen molar-refractivity contribution in [3.8, 4) is 11.5 Å². The molecule has 1 saturated heterocycles. The number of ether oxygens (including phenoxy) is 2. The van der Waals surface area contributed by atoms with Crippen molar-refractivity contribution in [2.24, 2.45) is 0 Å². The fourth-order valence-electron chi connectivity index (χ4n) is 3.77. The lowest BCUT2D eigenvalue weighted by Crippen LogP contribution is -2.48. The van der Waals surface area contributed by atoms with Crippen LogP contribution in [0.25, 0.3) is 0 Å². The average molecular weight is 477 g/mol. The molecule has 0 saturated carbocycles. The summed E-state index contributed by atoms with van der Waals surface area (Å²) in [4.78, 5) is 8.80. The van der Waals surface area contributed by atoms with E-state index >= 15 is 0 Å². The molecular formula is C23H36N6O3S. The van der Waals surface area contributed by atoms with E-state index in [9.17, 15) is 0 Å². The molecule has 0 amide bonds. The van der Waals surface area contributed by atoms with E-state index in [1.807, 2.05) is 37.6 Å². The van der Waals surface area contributed by atoms with Gasteiger partial charge in [0.15, 0.2) is 16.6 Å². The number of nitrogens with zero attached hydrogens (tertiary/aromatic N) is 4. The zero-order valence-corrected chi connectivity index (χ0v) is 20.4. The van der Waals surface area contributed by atoms with Crippen molar-refractivity contribution in [2.75, 3.05) is 71.5 Å². The van der Waals surface area contributed by atoms with Crippen LogP contribution in [-0.4, -0.2) is 95.7 Å². The summed E-state index contributed by atoms with van der Waals surface area (Å²) >= 11 is 5.42. The zero-order chi connectivity index (χ0) is 23.5. The Hall–Kier alpha value is -2.40. The molecule has 2 heterocycles. The van der Waals surface area contributed by atoms with Gasteiger partial charge in [-0.3, -0.25) is 9.80 Å². The van der Waals surface area contributed by atoms with E-state index in [4.69, 9.17) is 26.8 Å². The second-order valence-electron chi connectivity index (χ2n) is 8.08. The maximum absolute atomic E-state index is 9.05. The number of anilines is 1. The summed E-state index contributed by atoms with van der Waals surface area (Å²) < 4.78 is 13.6. The molecule has 33 heavy (non-hydrogen) atoms. The average Bonchev–Trinajstić information content (AvgIpc) is 3.23. The zero-order valence-electron chi connectivity index (χ0n) is 19.6. The van der Waals surface area contributed by atoms with Crippen LogP contribution in [0.1, 0.15) is 12.1 Å². The van der Waals surface area contributed by atoms with E-state index in [0.717, 1.165) is 75.9 Å². The smallest absolute Gasteiger partial charge is 0.170 e. The number of aliphatic hydroxyl groups is 1. The number of aryl methyl sites for hydroxylation is 2. The molecule has 1 aliphatic heterocycles. The molecular weight excluding hydrogens is 440 g/mol. The molecule has 10 heteroatoms. The second-order valence-corrected chi connectivity index (χ2v) is 8.49. The lowest BCUT2D eigenvalue weighted by atomic mass is 10.2. The van der Waals surface area contributed by atoms with E-state index in [1.54, 1.807) is 7.11 Å². The minimum absolute atomic E-state index is 0.223. The number of imidazole rings is 1. The summed E-state index contributed by atoms with van der Waals surface area (Å²) in [5, 5.41) is 16.1. The van der Waals surface area contributed by atoms with Crippen LogP contribution < -0.4 is 20.1 Å². The summed E-state index contributed by atoms with van der Waals surface area (Å²) in [6.45, 7) is 10.1. The van der Waals surface area contributed by atoms with Crippen molar-refractivity contribution < 1.29 is 14.6 Å². The van der Waals surface area contributed by atoms with Gasteiger partial charge < -0.3 is 29.8 Å². The maximum atomic E-state index is 9.05. The Morgan fingerprint density at radius 1 is 1.12 bits per heavy atom. The third-order valence-corrected chi connectivity index (χ3v) is 6.00. The Kier molecular flexibility index (Phi) is 10.2. The van der Waals surface area contributed by atoms with Crippen molar-refractivity contribution in [3.05, 3.63) is 36.4 Å².